The van der Waals surface area contributed by atoms with E-state index >= 15 is 0 Å². The van der Waals surface area contributed by atoms with Gasteiger partial charge in [-0.05, 0) is 37.0 Å². The molecule has 1 aromatic rings. The van der Waals surface area contributed by atoms with E-state index in [0.29, 0.717) is 19.6 Å². The van der Waals surface area contributed by atoms with E-state index in [-0.39, 0.29) is 22.9 Å². The molecule has 0 spiro atoms. The number of benzene rings is 1. The molecule has 0 saturated carbocycles. The molecule has 1 N–H and O–H groups in total. The predicted octanol–water partition coefficient (Wildman–Crippen LogP) is 3.81. The number of rotatable bonds is 6. The molecule has 0 aliphatic carbocycles. The van der Waals surface area contributed by atoms with Gasteiger partial charge in [-0.1, -0.05) is 51.1 Å². The normalized spacial score (nSPS) is 23.2. The van der Waals surface area contributed by atoms with E-state index in [9.17, 15) is 9.90 Å². The number of aliphatic hydroxyl groups is 1. The summed E-state index contributed by atoms with van der Waals surface area (Å²) in [5, 5.41) is 10.1. The molecule has 5 heteroatoms. The van der Waals surface area contributed by atoms with E-state index < -0.39 is 14.4 Å². The standard InChI is InChI=1S/C20H33NO3Si/c1-15(22)18-12-17(14-24-25(5,6)20(2,3)4)21(19(18)23)13-16-10-8-7-9-11-16/h7-11,15,17-18,22H,12-14H2,1-6H3. The maximum atomic E-state index is 12.8. The zero-order valence-electron chi connectivity index (χ0n) is 16.5. The van der Waals surface area contributed by atoms with Gasteiger partial charge >= 0.3 is 0 Å². The van der Waals surface area contributed by atoms with Crippen molar-refractivity contribution in [2.24, 2.45) is 5.92 Å². The topological polar surface area (TPSA) is 49.8 Å². The van der Waals surface area contributed by atoms with Gasteiger partial charge in [-0.2, -0.15) is 0 Å². The Morgan fingerprint density at radius 2 is 1.88 bits per heavy atom. The molecule has 4 nitrogen and oxygen atoms in total. The quantitative estimate of drug-likeness (QED) is 0.782. The van der Waals surface area contributed by atoms with E-state index in [1.807, 2.05) is 35.2 Å². The highest BCUT2D eigenvalue weighted by molar-refractivity contribution is 6.74. The van der Waals surface area contributed by atoms with Crippen molar-refractivity contribution in [3.05, 3.63) is 35.9 Å². The molecule has 2 rings (SSSR count). The number of nitrogens with zero attached hydrogens (tertiary/aromatic N) is 1. The predicted molar refractivity (Wildman–Crippen MR) is 104 cm³/mol. The van der Waals surface area contributed by atoms with Gasteiger partial charge in [0.15, 0.2) is 8.32 Å². The van der Waals surface area contributed by atoms with Gasteiger partial charge < -0.3 is 14.4 Å². The van der Waals surface area contributed by atoms with Gasteiger partial charge in [0.1, 0.15) is 0 Å². The molecular weight excluding hydrogens is 330 g/mol. The molecule has 1 saturated heterocycles. The second kappa shape index (κ2) is 7.60. The first-order valence-electron chi connectivity index (χ1n) is 9.19. The highest BCUT2D eigenvalue weighted by Crippen LogP contribution is 2.38. The van der Waals surface area contributed by atoms with Crippen LogP contribution in [0.2, 0.25) is 18.1 Å². The Labute approximate surface area is 153 Å². The smallest absolute Gasteiger partial charge is 0.228 e. The molecule has 1 fully saturated rings. The van der Waals surface area contributed by atoms with Crippen molar-refractivity contribution < 1.29 is 14.3 Å². The first kappa shape index (κ1) is 20.1. The van der Waals surface area contributed by atoms with E-state index in [4.69, 9.17) is 4.43 Å². The molecule has 1 heterocycles. The van der Waals surface area contributed by atoms with Crippen LogP contribution in [0, 0.1) is 5.92 Å². The second-order valence-corrected chi connectivity index (χ2v) is 13.6. The van der Waals surface area contributed by atoms with Crippen molar-refractivity contribution in [1.29, 1.82) is 0 Å². The van der Waals surface area contributed by atoms with Crippen LogP contribution in [0.1, 0.15) is 39.7 Å². The monoisotopic (exact) mass is 363 g/mol. The van der Waals surface area contributed by atoms with Crippen LogP contribution >= 0.6 is 0 Å². The van der Waals surface area contributed by atoms with Crippen molar-refractivity contribution in [3.8, 4) is 0 Å². The van der Waals surface area contributed by atoms with Crippen LogP contribution in [0.25, 0.3) is 0 Å². The van der Waals surface area contributed by atoms with Gasteiger partial charge in [0, 0.05) is 6.54 Å². The number of carbonyl (C=O) groups is 1. The lowest BCUT2D eigenvalue weighted by atomic mass is 10.0. The molecule has 3 unspecified atom stereocenters. The number of hydrogen-bond donors (Lipinski definition) is 1. The third kappa shape index (κ3) is 4.71. The van der Waals surface area contributed by atoms with Crippen LogP contribution in [0.4, 0.5) is 0 Å². The van der Waals surface area contributed by atoms with E-state index in [1.165, 1.54) is 0 Å². The SMILES string of the molecule is CC(O)C1CC(CO[Si](C)(C)C(C)(C)C)N(Cc2ccccc2)C1=O. The second-order valence-electron chi connectivity index (χ2n) is 8.76. The van der Waals surface area contributed by atoms with Gasteiger partial charge in [0.2, 0.25) is 5.91 Å². The summed E-state index contributed by atoms with van der Waals surface area (Å²) in [7, 11) is -1.87. The summed E-state index contributed by atoms with van der Waals surface area (Å²) in [4.78, 5) is 14.7. The third-order valence-electron chi connectivity index (χ3n) is 5.79. The molecule has 3 atom stereocenters. The number of aliphatic hydroxyl groups excluding tert-OH is 1. The Bertz CT molecular complexity index is 580. The highest BCUT2D eigenvalue weighted by Gasteiger charge is 2.44. The molecule has 1 aromatic carbocycles. The van der Waals surface area contributed by atoms with Gasteiger partial charge in [0.05, 0.1) is 24.7 Å². The van der Waals surface area contributed by atoms with Crippen LogP contribution in [0.15, 0.2) is 30.3 Å². The fourth-order valence-corrected chi connectivity index (χ4v) is 4.03. The molecule has 1 aliphatic heterocycles. The summed E-state index contributed by atoms with van der Waals surface area (Å²) in [5.41, 5.74) is 1.11. The molecular formula is C20H33NO3Si. The van der Waals surface area contributed by atoms with Gasteiger partial charge in [-0.3, -0.25) is 4.79 Å². The highest BCUT2D eigenvalue weighted by atomic mass is 28.4. The molecule has 0 aromatic heterocycles. The first-order valence-corrected chi connectivity index (χ1v) is 12.1. The Hall–Kier alpha value is -1.17. The van der Waals surface area contributed by atoms with Crippen LogP contribution < -0.4 is 0 Å². The lowest BCUT2D eigenvalue weighted by molar-refractivity contribution is -0.135. The molecule has 25 heavy (non-hydrogen) atoms. The summed E-state index contributed by atoms with van der Waals surface area (Å²) in [6.07, 6.45) is 0.0430. The minimum atomic E-state index is -1.87. The fourth-order valence-electron chi connectivity index (χ4n) is 2.98. The average molecular weight is 364 g/mol. The average Bonchev–Trinajstić information content (AvgIpc) is 2.82. The van der Waals surface area contributed by atoms with Crippen LogP contribution in [0.5, 0.6) is 0 Å². The summed E-state index contributed by atoms with van der Waals surface area (Å²) in [6.45, 7) is 14.0. The zero-order chi connectivity index (χ0) is 18.8. The van der Waals surface area contributed by atoms with Gasteiger partial charge in [0.25, 0.3) is 0 Å². The third-order valence-corrected chi connectivity index (χ3v) is 10.3. The molecule has 1 aliphatic rings. The van der Waals surface area contributed by atoms with Gasteiger partial charge in [-0.15, -0.1) is 0 Å². The number of hydrogen-bond acceptors (Lipinski definition) is 3. The maximum Gasteiger partial charge on any atom is 0.228 e. The van der Waals surface area contributed by atoms with Crippen molar-refractivity contribution in [1.82, 2.24) is 4.90 Å². The van der Waals surface area contributed by atoms with Crippen molar-refractivity contribution in [2.75, 3.05) is 6.61 Å². The Morgan fingerprint density at radius 1 is 1.28 bits per heavy atom. The Kier molecular flexibility index (Phi) is 6.12. The zero-order valence-corrected chi connectivity index (χ0v) is 17.5. The summed E-state index contributed by atoms with van der Waals surface area (Å²) in [5.74, 6) is -0.278. The lowest BCUT2D eigenvalue weighted by Crippen LogP contribution is -2.45. The molecule has 0 bridgehead atoms. The van der Waals surface area contributed by atoms with Crippen LogP contribution in [0.3, 0.4) is 0 Å². The first-order chi connectivity index (χ1) is 11.5. The van der Waals surface area contributed by atoms with Crippen molar-refractivity contribution >= 4 is 14.2 Å². The van der Waals surface area contributed by atoms with Crippen LogP contribution in [-0.4, -0.2) is 43.0 Å². The molecule has 140 valence electrons. The van der Waals surface area contributed by atoms with E-state index in [2.05, 4.69) is 33.9 Å². The maximum absolute atomic E-state index is 12.8. The summed E-state index contributed by atoms with van der Waals surface area (Å²) >= 11 is 0. The minimum Gasteiger partial charge on any atom is -0.415 e. The van der Waals surface area contributed by atoms with Crippen molar-refractivity contribution in [3.63, 3.8) is 0 Å². The fraction of sp³-hybridized carbons (Fsp3) is 0.650. The Balaban J connectivity index is 2.14. The number of amides is 1. The van der Waals surface area contributed by atoms with Gasteiger partial charge in [-0.25, -0.2) is 0 Å². The van der Waals surface area contributed by atoms with Crippen molar-refractivity contribution in [2.45, 2.75) is 70.9 Å². The summed E-state index contributed by atoms with van der Waals surface area (Å²) < 4.78 is 6.39. The largest absolute Gasteiger partial charge is 0.415 e. The molecule has 1 amide bonds. The number of carbonyl (C=O) groups excluding carboxylic acids is 1. The summed E-state index contributed by atoms with van der Waals surface area (Å²) in [6, 6.07) is 10.1. The minimum absolute atomic E-state index is 0.0291. The van der Waals surface area contributed by atoms with E-state index in [1.54, 1.807) is 6.92 Å². The lowest BCUT2D eigenvalue weighted by Gasteiger charge is -2.38. The number of likely N-dealkylation sites (tertiary alicyclic amines) is 1. The van der Waals surface area contributed by atoms with E-state index in [0.717, 1.165) is 5.56 Å². The Morgan fingerprint density at radius 3 is 2.40 bits per heavy atom. The molecule has 0 radical (unpaired) electrons. The van der Waals surface area contributed by atoms with Crippen LogP contribution in [-0.2, 0) is 15.8 Å².